The number of methoxy groups -OCH3 is 1. The number of carbonyl (C=O) groups is 1. The Labute approximate surface area is 151 Å². The first-order valence-corrected chi connectivity index (χ1v) is 8.19. The number of nitrogens with zero attached hydrogens (tertiary/aromatic N) is 2. The molecule has 10 heteroatoms. The number of hydrogen-bond donors (Lipinski definition) is 5. The summed E-state index contributed by atoms with van der Waals surface area (Å²) in [6, 6.07) is 3.63. The van der Waals surface area contributed by atoms with Gasteiger partial charge in [-0.1, -0.05) is 11.6 Å². The molecule has 2 rings (SSSR count). The van der Waals surface area contributed by atoms with Gasteiger partial charge >= 0.3 is 0 Å². The normalized spacial score (nSPS) is 21.4. The van der Waals surface area contributed by atoms with Crippen LogP contribution >= 0.6 is 11.6 Å². The van der Waals surface area contributed by atoms with Gasteiger partial charge in [-0.25, -0.2) is 4.98 Å². The van der Waals surface area contributed by atoms with Crippen LogP contribution in [0.15, 0.2) is 12.3 Å². The Hall–Kier alpha value is -1.96. The zero-order valence-corrected chi connectivity index (χ0v) is 14.6. The van der Waals surface area contributed by atoms with Gasteiger partial charge < -0.3 is 32.2 Å². The number of nitrogens with one attached hydrogen (secondary N) is 3. The van der Waals surface area contributed by atoms with Crippen LogP contribution in [0.25, 0.3) is 0 Å². The lowest BCUT2D eigenvalue weighted by atomic mass is 9.96. The molecular formula is C15H22ClN7O2. The highest BCUT2D eigenvalue weighted by Crippen LogP contribution is 2.26. The highest BCUT2D eigenvalue weighted by molar-refractivity contribution is 6.29. The van der Waals surface area contributed by atoms with Crippen molar-refractivity contribution < 1.29 is 9.53 Å². The molecule has 9 nitrogen and oxygen atoms in total. The zero-order chi connectivity index (χ0) is 18.4. The first-order valence-electron chi connectivity index (χ1n) is 7.81. The number of pyridine rings is 1. The van der Waals surface area contributed by atoms with Crippen molar-refractivity contribution in [2.45, 2.75) is 18.8 Å². The van der Waals surface area contributed by atoms with Crippen LogP contribution in [0.1, 0.15) is 6.42 Å². The molecule has 2 heterocycles. The standard InChI is InChI=1S/C15H22ClN7O2/c1-25-10-4-11(16)20-7-9(10)23-15(24)12(13(18)19)14-21-5-8(2-3-17)6-22-14/h4,7-8,12-14,21-22H,2,5-6,18-19H2,1H3,(H,23,24). The maximum Gasteiger partial charge on any atom is 0.233 e. The summed E-state index contributed by atoms with van der Waals surface area (Å²) in [6.45, 7) is 1.21. The molecule has 1 amide bonds. The summed E-state index contributed by atoms with van der Waals surface area (Å²) in [4.78, 5) is 16.6. The first kappa shape index (κ1) is 19.4. The molecule has 136 valence electrons. The summed E-state index contributed by atoms with van der Waals surface area (Å²) in [6.07, 6.45) is 0.555. The first-order chi connectivity index (χ1) is 12.0. The Morgan fingerprint density at radius 1 is 1.56 bits per heavy atom. The predicted octanol–water partition coefficient (Wildman–Crippen LogP) is -0.409. The number of anilines is 1. The van der Waals surface area contributed by atoms with E-state index < -0.39 is 18.2 Å². The minimum atomic E-state index is -0.885. The van der Waals surface area contributed by atoms with Gasteiger partial charge in [-0.2, -0.15) is 5.26 Å². The van der Waals surface area contributed by atoms with E-state index in [1.165, 1.54) is 19.4 Å². The molecule has 0 aromatic carbocycles. The van der Waals surface area contributed by atoms with Gasteiger partial charge in [0.2, 0.25) is 5.91 Å². The van der Waals surface area contributed by atoms with Crippen molar-refractivity contribution in [1.29, 1.82) is 5.26 Å². The molecule has 1 saturated heterocycles. The van der Waals surface area contributed by atoms with Gasteiger partial charge in [-0.3, -0.25) is 4.79 Å². The monoisotopic (exact) mass is 367 g/mol. The minimum Gasteiger partial charge on any atom is -0.494 e. The third-order valence-corrected chi connectivity index (χ3v) is 4.23. The Balaban J connectivity index is 2.08. The Morgan fingerprint density at radius 2 is 2.24 bits per heavy atom. The maximum absolute atomic E-state index is 12.7. The summed E-state index contributed by atoms with van der Waals surface area (Å²) in [5.74, 6) is -0.541. The minimum absolute atomic E-state index is 0.180. The van der Waals surface area contributed by atoms with E-state index in [-0.39, 0.29) is 17.0 Å². The second kappa shape index (κ2) is 8.94. The van der Waals surface area contributed by atoms with Crippen LogP contribution in [-0.2, 0) is 4.79 Å². The fourth-order valence-electron chi connectivity index (χ4n) is 2.70. The molecule has 0 spiro atoms. The quantitative estimate of drug-likeness (QED) is 0.336. The lowest BCUT2D eigenvalue weighted by molar-refractivity contribution is -0.122. The zero-order valence-electron chi connectivity index (χ0n) is 13.8. The van der Waals surface area contributed by atoms with Gasteiger partial charge in [0.25, 0.3) is 0 Å². The molecule has 7 N–H and O–H groups in total. The smallest absolute Gasteiger partial charge is 0.233 e. The van der Waals surface area contributed by atoms with Gasteiger partial charge in [0, 0.05) is 25.6 Å². The van der Waals surface area contributed by atoms with Crippen LogP contribution in [0.4, 0.5) is 5.69 Å². The van der Waals surface area contributed by atoms with Crippen LogP contribution in [0.3, 0.4) is 0 Å². The van der Waals surface area contributed by atoms with Crippen molar-refractivity contribution in [3.05, 3.63) is 17.4 Å². The number of amides is 1. The van der Waals surface area contributed by atoms with Crippen LogP contribution in [0, 0.1) is 23.2 Å². The van der Waals surface area contributed by atoms with Crippen LogP contribution < -0.4 is 32.2 Å². The number of halogens is 1. The number of hydrogen-bond acceptors (Lipinski definition) is 8. The van der Waals surface area contributed by atoms with E-state index in [4.69, 9.17) is 33.1 Å². The summed E-state index contributed by atoms with van der Waals surface area (Å²) >= 11 is 5.82. The van der Waals surface area contributed by atoms with E-state index in [2.05, 4.69) is 27.0 Å². The maximum atomic E-state index is 12.7. The molecule has 1 aromatic rings. The SMILES string of the molecule is COc1cc(Cl)ncc1NC(=O)C(C(N)N)C1NCC(CC#N)CN1. The molecule has 1 atom stereocenters. The second-order valence-electron chi connectivity index (χ2n) is 5.82. The van der Waals surface area contributed by atoms with E-state index in [0.29, 0.717) is 30.9 Å². The fourth-order valence-corrected chi connectivity index (χ4v) is 2.85. The molecule has 1 aliphatic heterocycles. The van der Waals surface area contributed by atoms with E-state index in [0.717, 1.165) is 0 Å². The highest BCUT2D eigenvalue weighted by atomic mass is 35.5. The van der Waals surface area contributed by atoms with Crippen LogP contribution in [0.5, 0.6) is 5.75 Å². The van der Waals surface area contributed by atoms with E-state index in [1.54, 1.807) is 0 Å². The molecule has 0 bridgehead atoms. The Morgan fingerprint density at radius 3 is 2.80 bits per heavy atom. The third-order valence-electron chi connectivity index (χ3n) is 4.02. The van der Waals surface area contributed by atoms with Crippen molar-refractivity contribution in [1.82, 2.24) is 15.6 Å². The molecule has 0 radical (unpaired) electrons. The second-order valence-corrected chi connectivity index (χ2v) is 6.21. The number of rotatable bonds is 6. The molecule has 0 aliphatic carbocycles. The Kier molecular flexibility index (Phi) is 6.92. The predicted molar refractivity (Wildman–Crippen MR) is 93.6 cm³/mol. The van der Waals surface area contributed by atoms with Crippen LogP contribution in [-0.4, -0.2) is 43.4 Å². The molecule has 0 saturated carbocycles. The van der Waals surface area contributed by atoms with Crippen molar-refractivity contribution >= 4 is 23.2 Å². The van der Waals surface area contributed by atoms with Gasteiger partial charge in [0.15, 0.2) is 0 Å². The van der Waals surface area contributed by atoms with Crippen molar-refractivity contribution in [3.63, 3.8) is 0 Å². The molecule has 1 aromatic heterocycles. The number of nitrogens with two attached hydrogens (primary N) is 2. The topological polar surface area (TPSA) is 151 Å². The van der Waals surface area contributed by atoms with Crippen molar-refractivity contribution in [2.75, 3.05) is 25.5 Å². The average Bonchev–Trinajstić information content (AvgIpc) is 2.58. The van der Waals surface area contributed by atoms with Gasteiger partial charge in [-0.15, -0.1) is 0 Å². The Bertz CT molecular complexity index is 641. The van der Waals surface area contributed by atoms with Gasteiger partial charge in [0.1, 0.15) is 16.6 Å². The number of aromatic nitrogens is 1. The third kappa shape index (κ3) is 5.01. The van der Waals surface area contributed by atoms with E-state index in [1.807, 2.05) is 0 Å². The van der Waals surface area contributed by atoms with E-state index in [9.17, 15) is 4.79 Å². The van der Waals surface area contributed by atoms with Gasteiger partial charge in [-0.05, 0) is 5.92 Å². The summed E-state index contributed by atoms with van der Waals surface area (Å²) in [5.41, 5.74) is 12.0. The highest BCUT2D eigenvalue weighted by Gasteiger charge is 2.35. The van der Waals surface area contributed by atoms with E-state index >= 15 is 0 Å². The summed E-state index contributed by atoms with van der Waals surface area (Å²) < 4.78 is 5.19. The lowest BCUT2D eigenvalue weighted by Gasteiger charge is -2.36. The number of nitriles is 1. The summed E-state index contributed by atoms with van der Waals surface area (Å²) in [5, 5.41) is 18.1. The number of carbonyl (C=O) groups excluding carboxylic acids is 1. The van der Waals surface area contributed by atoms with Crippen molar-refractivity contribution in [2.24, 2.45) is 23.3 Å². The lowest BCUT2D eigenvalue weighted by Crippen LogP contribution is -2.63. The summed E-state index contributed by atoms with van der Waals surface area (Å²) in [7, 11) is 1.47. The molecule has 1 fully saturated rings. The fraction of sp³-hybridized carbons (Fsp3) is 0.533. The molecule has 1 unspecified atom stereocenters. The number of ether oxygens (including phenoxy) is 1. The average molecular weight is 368 g/mol. The molecule has 1 aliphatic rings. The van der Waals surface area contributed by atoms with Crippen LogP contribution in [0.2, 0.25) is 5.15 Å². The van der Waals surface area contributed by atoms with Gasteiger partial charge in [0.05, 0.1) is 37.6 Å². The molecular weight excluding hydrogens is 346 g/mol. The van der Waals surface area contributed by atoms with Crippen molar-refractivity contribution in [3.8, 4) is 11.8 Å². The molecule has 25 heavy (non-hydrogen) atoms. The largest absolute Gasteiger partial charge is 0.494 e.